The monoisotopic (exact) mass is 181 g/mol. The summed E-state index contributed by atoms with van der Waals surface area (Å²) in [5.74, 6) is 0.347. The molecule has 2 rings (SSSR count). The Morgan fingerprint density at radius 2 is 1.85 bits per heavy atom. The quantitative estimate of drug-likeness (QED) is 0.514. The Balaban J connectivity index is 2.13. The van der Waals surface area contributed by atoms with E-state index in [9.17, 15) is 9.59 Å². The lowest BCUT2D eigenvalue weighted by molar-refractivity contribution is -0.128. The number of likely N-dealkylation sites (tertiary alicyclic amines) is 1. The first-order valence-electron chi connectivity index (χ1n) is 4.86. The van der Waals surface area contributed by atoms with Gasteiger partial charge in [0.15, 0.2) is 0 Å². The van der Waals surface area contributed by atoms with Crippen molar-refractivity contribution in [3.05, 3.63) is 0 Å². The number of carbonyl (C=O) groups excluding carboxylic acids is 2. The van der Waals surface area contributed by atoms with Crippen molar-refractivity contribution in [1.29, 1.82) is 0 Å². The van der Waals surface area contributed by atoms with E-state index in [4.69, 9.17) is 0 Å². The summed E-state index contributed by atoms with van der Waals surface area (Å²) in [6, 6.07) is 0. The van der Waals surface area contributed by atoms with Crippen molar-refractivity contribution in [2.75, 3.05) is 20.1 Å². The standard InChI is InChI=1S/C10H15NO2/c1-11-4-2-10(3-5-11)7-8(12)6-9(10)13/h2-7H2,1H3. The van der Waals surface area contributed by atoms with E-state index in [1.807, 2.05) is 0 Å². The molecule has 13 heavy (non-hydrogen) atoms. The molecule has 0 amide bonds. The summed E-state index contributed by atoms with van der Waals surface area (Å²) >= 11 is 0. The van der Waals surface area contributed by atoms with E-state index in [0.29, 0.717) is 6.42 Å². The molecule has 0 radical (unpaired) electrons. The molecule has 0 unspecified atom stereocenters. The van der Waals surface area contributed by atoms with Crippen molar-refractivity contribution in [3.63, 3.8) is 0 Å². The molecule has 2 fully saturated rings. The van der Waals surface area contributed by atoms with Crippen molar-refractivity contribution >= 4 is 11.6 Å². The van der Waals surface area contributed by atoms with E-state index in [1.165, 1.54) is 0 Å². The van der Waals surface area contributed by atoms with Gasteiger partial charge < -0.3 is 4.90 Å². The largest absolute Gasteiger partial charge is 0.306 e. The highest BCUT2D eigenvalue weighted by molar-refractivity contribution is 6.09. The minimum absolute atomic E-state index is 0.148. The van der Waals surface area contributed by atoms with Crippen LogP contribution in [-0.4, -0.2) is 36.6 Å². The molecule has 1 saturated carbocycles. The molecule has 0 aromatic carbocycles. The Labute approximate surface area is 78.1 Å². The van der Waals surface area contributed by atoms with Gasteiger partial charge in [-0.3, -0.25) is 9.59 Å². The summed E-state index contributed by atoms with van der Waals surface area (Å²) < 4.78 is 0. The summed E-state index contributed by atoms with van der Waals surface area (Å²) in [6.07, 6.45) is 2.48. The summed E-state index contributed by atoms with van der Waals surface area (Å²) in [5.41, 5.74) is -0.246. The van der Waals surface area contributed by atoms with Crippen LogP contribution in [0.5, 0.6) is 0 Å². The van der Waals surface area contributed by atoms with Gasteiger partial charge in [-0.1, -0.05) is 0 Å². The third-order valence-corrected chi connectivity index (χ3v) is 3.43. The van der Waals surface area contributed by atoms with Gasteiger partial charge in [-0.15, -0.1) is 0 Å². The van der Waals surface area contributed by atoms with Gasteiger partial charge in [-0.05, 0) is 33.0 Å². The van der Waals surface area contributed by atoms with Crippen LogP contribution in [0.1, 0.15) is 25.7 Å². The van der Waals surface area contributed by atoms with Crippen LogP contribution >= 0.6 is 0 Å². The summed E-state index contributed by atoms with van der Waals surface area (Å²) in [7, 11) is 2.06. The number of hydrogen-bond acceptors (Lipinski definition) is 3. The smallest absolute Gasteiger partial charge is 0.146 e. The van der Waals surface area contributed by atoms with E-state index in [1.54, 1.807) is 0 Å². The number of Topliss-reactive ketones (excluding diaryl/α,β-unsaturated/α-hetero) is 2. The van der Waals surface area contributed by atoms with Gasteiger partial charge >= 0.3 is 0 Å². The highest BCUT2D eigenvalue weighted by atomic mass is 16.2. The second-order valence-electron chi connectivity index (χ2n) is 4.40. The number of nitrogens with zero attached hydrogens (tertiary/aromatic N) is 1. The van der Waals surface area contributed by atoms with Gasteiger partial charge in [-0.25, -0.2) is 0 Å². The van der Waals surface area contributed by atoms with Crippen LogP contribution in [0.3, 0.4) is 0 Å². The number of rotatable bonds is 0. The Kier molecular flexibility index (Phi) is 1.99. The highest BCUT2D eigenvalue weighted by Crippen LogP contribution is 2.41. The predicted molar refractivity (Wildman–Crippen MR) is 48.4 cm³/mol. The van der Waals surface area contributed by atoms with Gasteiger partial charge in [0.25, 0.3) is 0 Å². The Hall–Kier alpha value is -0.700. The van der Waals surface area contributed by atoms with E-state index < -0.39 is 0 Å². The van der Waals surface area contributed by atoms with Gasteiger partial charge in [0.2, 0.25) is 0 Å². The van der Waals surface area contributed by atoms with E-state index in [0.717, 1.165) is 25.9 Å². The van der Waals surface area contributed by atoms with Gasteiger partial charge in [-0.2, -0.15) is 0 Å². The first-order chi connectivity index (χ1) is 6.12. The van der Waals surface area contributed by atoms with E-state index in [-0.39, 0.29) is 23.4 Å². The van der Waals surface area contributed by atoms with E-state index in [2.05, 4.69) is 11.9 Å². The second kappa shape index (κ2) is 2.91. The molecule has 0 aromatic rings. The van der Waals surface area contributed by atoms with Crippen LogP contribution in [0.15, 0.2) is 0 Å². The van der Waals surface area contributed by atoms with Crippen LogP contribution in [0.2, 0.25) is 0 Å². The molecule has 1 saturated heterocycles. The topological polar surface area (TPSA) is 37.4 Å². The molecule has 1 heterocycles. The normalized spacial score (nSPS) is 28.7. The first-order valence-corrected chi connectivity index (χ1v) is 4.86. The number of piperidine rings is 1. The average molecular weight is 181 g/mol. The molecule has 2 aliphatic rings. The molecule has 0 N–H and O–H groups in total. The zero-order valence-electron chi connectivity index (χ0n) is 8.01. The van der Waals surface area contributed by atoms with Crippen molar-refractivity contribution in [2.24, 2.45) is 5.41 Å². The maximum absolute atomic E-state index is 11.6. The van der Waals surface area contributed by atoms with Crippen LogP contribution in [-0.2, 0) is 9.59 Å². The molecule has 3 nitrogen and oxygen atoms in total. The summed E-state index contributed by atoms with van der Waals surface area (Å²) in [6.45, 7) is 1.91. The molecule has 0 bridgehead atoms. The second-order valence-corrected chi connectivity index (χ2v) is 4.40. The third-order valence-electron chi connectivity index (χ3n) is 3.43. The molecule has 0 aromatic heterocycles. The van der Waals surface area contributed by atoms with Gasteiger partial charge in [0, 0.05) is 11.8 Å². The predicted octanol–water partition coefficient (Wildman–Crippen LogP) is 0.630. The summed E-state index contributed by atoms with van der Waals surface area (Å²) in [5, 5.41) is 0. The minimum atomic E-state index is -0.246. The number of hydrogen-bond donors (Lipinski definition) is 0. The maximum atomic E-state index is 11.6. The zero-order chi connectivity index (χ0) is 9.47. The Morgan fingerprint density at radius 3 is 2.31 bits per heavy atom. The Bertz CT molecular complexity index is 252. The lowest BCUT2D eigenvalue weighted by atomic mass is 9.76. The SMILES string of the molecule is CN1CCC2(CC1)CC(=O)CC2=O. The fraction of sp³-hybridized carbons (Fsp3) is 0.800. The van der Waals surface area contributed by atoms with Crippen molar-refractivity contribution in [2.45, 2.75) is 25.7 Å². The fourth-order valence-electron chi connectivity index (χ4n) is 2.41. The average Bonchev–Trinajstić information content (AvgIpc) is 2.34. The van der Waals surface area contributed by atoms with Crippen LogP contribution < -0.4 is 0 Å². The first kappa shape index (κ1) is 8.88. The molecule has 3 heteroatoms. The zero-order valence-corrected chi connectivity index (χ0v) is 8.01. The molecular weight excluding hydrogens is 166 g/mol. The van der Waals surface area contributed by atoms with E-state index >= 15 is 0 Å². The molecule has 1 spiro atoms. The Morgan fingerprint density at radius 1 is 1.23 bits per heavy atom. The van der Waals surface area contributed by atoms with Crippen LogP contribution in [0.4, 0.5) is 0 Å². The van der Waals surface area contributed by atoms with Crippen LogP contribution in [0.25, 0.3) is 0 Å². The molecule has 72 valence electrons. The number of carbonyl (C=O) groups is 2. The fourth-order valence-corrected chi connectivity index (χ4v) is 2.41. The molecule has 1 aliphatic heterocycles. The number of ketones is 2. The lowest BCUT2D eigenvalue weighted by Crippen LogP contribution is -2.40. The molecule has 1 aliphatic carbocycles. The third kappa shape index (κ3) is 1.41. The van der Waals surface area contributed by atoms with Gasteiger partial charge in [0.05, 0.1) is 6.42 Å². The van der Waals surface area contributed by atoms with Crippen LogP contribution in [0, 0.1) is 5.41 Å². The lowest BCUT2D eigenvalue weighted by Gasteiger charge is -2.35. The molecular formula is C10H15NO2. The van der Waals surface area contributed by atoms with Crippen molar-refractivity contribution in [1.82, 2.24) is 4.90 Å². The van der Waals surface area contributed by atoms with Crippen molar-refractivity contribution < 1.29 is 9.59 Å². The van der Waals surface area contributed by atoms with Gasteiger partial charge in [0.1, 0.15) is 11.6 Å². The van der Waals surface area contributed by atoms with Crippen molar-refractivity contribution in [3.8, 4) is 0 Å². The highest BCUT2D eigenvalue weighted by Gasteiger charge is 2.47. The minimum Gasteiger partial charge on any atom is -0.306 e. The summed E-state index contributed by atoms with van der Waals surface area (Å²) in [4.78, 5) is 25.0. The molecule has 0 atom stereocenters. The maximum Gasteiger partial charge on any atom is 0.146 e.